The van der Waals surface area contributed by atoms with Gasteiger partial charge < -0.3 is 9.74 Å². The van der Waals surface area contributed by atoms with Crippen molar-refractivity contribution in [1.82, 2.24) is 14.9 Å². The van der Waals surface area contributed by atoms with Gasteiger partial charge in [0.1, 0.15) is 18.9 Å². The van der Waals surface area contributed by atoms with Crippen molar-refractivity contribution in [1.29, 1.82) is 0 Å². The van der Waals surface area contributed by atoms with E-state index in [1.165, 1.54) is 5.70 Å². The lowest BCUT2D eigenvalue weighted by molar-refractivity contribution is 0.210. The SMILES string of the molecule is CCN1C(c2ccncc2)=C(C)C(=NOC)C1c1ccncc1.Cl. The first kappa shape index (κ1) is 17.9. The number of halogens is 1. The summed E-state index contributed by atoms with van der Waals surface area (Å²) in [4.78, 5) is 15.7. The lowest BCUT2D eigenvalue weighted by Crippen LogP contribution is -2.26. The van der Waals surface area contributed by atoms with Crippen LogP contribution >= 0.6 is 12.4 Å². The molecule has 1 atom stereocenters. The topological polar surface area (TPSA) is 50.6 Å². The molecule has 126 valence electrons. The molecule has 1 aliphatic rings. The molecular formula is C18H21ClN4O. The molecule has 0 radical (unpaired) electrons. The normalized spacial score (nSPS) is 18.7. The van der Waals surface area contributed by atoms with Gasteiger partial charge in [0.2, 0.25) is 0 Å². The second-order valence-corrected chi connectivity index (χ2v) is 5.34. The summed E-state index contributed by atoms with van der Waals surface area (Å²) in [5, 5.41) is 4.32. The maximum absolute atomic E-state index is 5.12. The van der Waals surface area contributed by atoms with Crippen molar-refractivity contribution in [3.05, 3.63) is 65.8 Å². The number of hydrogen-bond donors (Lipinski definition) is 0. The van der Waals surface area contributed by atoms with E-state index in [9.17, 15) is 0 Å². The van der Waals surface area contributed by atoms with Crippen LogP contribution < -0.4 is 0 Å². The van der Waals surface area contributed by atoms with Crippen LogP contribution in [0.4, 0.5) is 0 Å². The Morgan fingerprint density at radius 3 is 2.21 bits per heavy atom. The van der Waals surface area contributed by atoms with Gasteiger partial charge in [-0.2, -0.15) is 0 Å². The van der Waals surface area contributed by atoms with Crippen molar-refractivity contribution in [3.63, 3.8) is 0 Å². The molecule has 0 bridgehead atoms. The molecule has 0 spiro atoms. The van der Waals surface area contributed by atoms with Gasteiger partial charge in [-0.25, -0.2) is 0 Å². The highest BCUT2D eigenvalue weighted by Crippen LogP contribution is 2.41. The van der Waals surface area contributed by atoms with Crippen molar-refractivity contribution in [3.8, 4) is 0 Å². The molecule has 6 heteroatoms. The van der Waals surface area contributed by atoms with Crippen molar-refractivity contribution >= 4 is 23.8 Å². The molecular weight excluding hydrogens is 324 g/mol. The molecule has 5 nitrogen and oxygen atoms in total. The summed E-state index contributed by atoms with van der Waals surface area (Å²) in [5.74, 6) is 0. The molecule has 2 aromatic rings. The lowest BCUT2D eigenvalue weighted by Gasteiger charge is -2.28. The summed E-state index contributed by atoms with van der Waals surface area (Å²) in [6.07, 6.45) is 7.26. The highest BCUT2D eigenvalue weighted by Gasteiger charge is 2.37. The molecule has 0 N–H and O–H groups in total. The number of rotatable bonds is 4. The van der Waals surface area contributed by atoms with Crippen LogP contribution in [-0.2, 0) is 4.84 Å². The van der Waals surface area contributed by atoms with E-state index >= 15 is 0 Å². The zero-order chi connectivity index (χ0) is 16.2. The van der Waals surface area contributed by atoms with Crippen molar-refractivity contribution < 1.29 is 4.84 Å². The van der Waals surface area contributed by atoms with E-state index in [4.69, 9.17) is 4.84 Å². The van der Waals surface area contributed by atoms with Crippen molar-refractivity contribution in [2.24, 2.45) is 5.16 Å². The Bertz CT molecular complexity index is 731. The maximum atomic E-state index is 5.12. The van der Waals surface area contributed by atoms with Crippen LogP contribution in [0.15, 0.2) is 59.8 Å². The minimum atomic E-state index is 0. The number of oxime groups is 1. The van der Waals surface area contributed by atoms with Crippen LogP contribution in [-0.4, -0.2) is 34.2 Å². The summed E-state index contributed by atoms with van der Waals surface area (Å²) in [5.41, 5.74) is 5.53. The predicted octanol–water partition coefficient (Wildman–Crippen LogP) is 3.71. The second-order valence-electron chi connectivity index (χ2n) is 5.34. The van der Waals surface area contributed by atoms with Crippen LogP contribution in [0.2, 0.25) is 0 Å². The van der Waals surface area contributed by atoms with E-state index < -0.39 is 0 Å². The van der Waals surface area contributed by atoms with Gasteiger partial charge in [0.15, 0.2) is 0 Å². The van der Waals surface area contributed by atoms with E-state index in [0.717, 1.165) is 29.0 Å². The van der Waals surface area contributed by atoms with Crippen LogP contribution in [0.5, 0.6) is 0 Å². The Hall–Kier alpha value is -2.40. The Morgan fingerprint density at radius 1 is 1.08 bits per heavy atom. The Kier molecular flexibility index (Phi) is 5.93. The molecule has 0 aliphatic carbocycles. The van der Waals surface area contributed by atoms with Crippen LogP contribution in [0.3, 0.4) is 0 Å². The lowest BCUT2D eigenvalue weighted by atomic mass is 10.0. The average Bonchev–Trinajstić information content (AvgIpc) is 2.89. The van der Waals surface area contributed by atoms with Crippen molar-refractivity contribution in [2.75, 3.05) is 13.7 Å². The third-order valence-corrected chi connectivity index (χ3v) is 4.10. The van der Waals surface area contributed by atoms with Gasteiger partial charge in [-0.05, 0) is 43.7 Å². The van der Waals surface area contributed by atoms with Gasteiger partial charge in [-0.3, -0.25) is 9.97 Å². The average molecular weight is 345 g/mol. The fraction of sp³-hybridized carbons (Fsp3) is 0.278. The molecule has 0 saturated heterocycles. The molecule has 0 aromatic carbocycles. The van der Waals surface area contributed by atoms with Crippen LogP contribution in [0, 0.1) is 0 Å². The van der Waals surface area contributed by atoms with Gasteiger partial charge in [-0.15, -0.1) is 12.4 Å². The Morgan fingerprint density at radius 2 is 1.67 bits per heavy atom. The van der Waals surface area contributed by atoms with E-state index in [1.54, 1.807) is 7.11 Å². The molecule has 24 heavy (non-hydrogen) atoms. The van der Waals surface area contributed by atoms with Crippen LogP contribution in [0.25, 0.3) is 5.70 Å². The zero-order valence-electron chi connectivity index (χ0n) is 14.0. The minimum absolute atomic E-state index is 0. The molecule has 0 fully saturated rings. The minimum Gasteiger partial charge on any atom is -0.399 e. The number of pyridine rings is 2. The third-order valence-electron chi connectivity index (χ3n) is 4.10. The molecule has 0 amide bonds. The van der Waals surface area contributed by atoms with Gasteiger partial charge >= 0.3 is 0 Å². The third kappa shape index (κ3) is 3.12. The fourth-order valence-electron chi connectivity index (χ4n) is 3.15. The summed E-state index contributed by atoms with van der Waals surface area (Å²) in [6.45, 7) is 5.11. The number of aromatic nitrogens is 2. The largest absolute Gasteiger partial charge is 0.399 e. The van der Waals surface area contributed by atoms with Gasteiger partial charge in [0, 0.05) is 48.2 Å². The number of nitrogens with zero attached hydrogens (tertiary/aromatic N) is 4. The van der Waals surface area contributed by atoms with E-state index in [-0.39, 0.29) is 18.4 Å². The van der Waals surface area contributed by atoms with Gasteiger partial charge in [0.25, 0.3) is 0 Å². The molecule has 0 saturated carbocycles. The molecule has 3 rings (SSSR count). The highest BCUT2D eigenvalue weighted by atomic mass is 35.5. The standard InChI is InChI=1S/C18H20N4O.ClH/c1-4-22-17(14-5-9-19-10-6-14)13(2)16(21-23-3)18(22)15-7-11-20-12-8-15;/h5-12,18H,4H2,1-3H3;1H. The van der Waals surface area contributed by atoms with Gasteiger partial charge in [0.05, 0.1) is 0 Å². The van der Waals surface area contributed by atoms with Crippen LogP contribution in [0.1, 0.15) is 31.0 Å². The van der Waals surface area contributed by atoms with Crippen molar-refractivity contribution in [2.45, 2.75) is 19.9 Å². The Balaban J connectivity index is 0.00000208. The Labute approximate surface area is 148 Å². The summed E-state index contributed by atoms with van der Waals surface area (Å²) >= 11 is 0. The smallest absolute Gasteiger partial charge is 0.112 e. The molecule has 1 aliphatic heterocycles. The predicted molar refractivity (Wildman–Crippen MR) is 97.9 cm³/mol. The van der Waals surface area contributed by atoms with E-state index in [1.807, 2.05) is 49.1 Å². The monoisotopic (exact) mass is 344 g/mol. The van der Waals surface area contributed by atoms with Gasteiger partial charge in [-0.1, -0.05) is 5.16 Å². The first-order valence-corrected chi connectivity index (χ1v) is 7.67. The zero-order valence-corrected chi connectivity index (χ0v) is 14.8. The van der Waals surface area contributed by atoms with E-state index in [2.05, 4.69) is 33.9 Å². The maximum Gasteiger partial charge on any atom is 0.112 e. The second kappa shape index (κ2) is 7.93. The molecule has 1 unspecified atom stereocenters. The summed E-state index contributed by atoms with van der Waals surface area (Å²) in [7, 11) is 1.59. The summed E-state index contributed by atoms with van der Waals surface area (Å²) < 4.78 is 0. The quantitative estimate of drug-likeness (QED) is 0.793. The number of hydrogen-bond acceptors (Lipinski definition) is 5. The van der Waals surface area contributed by atoms with E-state index in [0.29, 0.717) is 0 Å². The molecule has 2 aromatic heterocycles. The first-order chi connectivity index (χ1) is 11.3. The summed E-state index contributed by atoms with van der Waals surface area (Å²) in [6, 6.07) is 8.15. The highest BCUT2D eigenvalue weighted by molar-refractivity contribution is 6.13. The fourth-order valence-corrected chi connectivity index (χ4v) is 3.15. The first-order valence-electron chi connectivity index (χ1n) is 7.67. The molecule has 3 heterocycles.